The monoisotopic (exact) mass is 222 g/mol. The predicted molar refractivity (Wildman–Crippen MR) is 62.3 cm³/mol. The smallest absolute Gasteiger partial charge is 0.127 e. The van der Waals surface area contributed by atoms with E-state index >= 15 is 0 Å². The molecule has 3 N–H and O–H groups in total. The third-order valence-electron chi connectivity index (χ3n) is 3.05. The second kappa shape index (κ2) is 4.72. The van der Waals surface area contributed by atoms with E-state index < -0.39 is 0 Å². The summed E-state index contributed by atoms with van der Waals surface area (Å²) in [4.78, 5) is 0. The highest BCUT2D eigenvalue weighted by molar-refractivity contribution is 5.43. The Balaban J connectivity index is 2.30. The quantitative estimate of drug-likeness (QED) is 0.587. The van der Waals surface area contributed by atoms with Gasteiger partial charge in [-0.2, -0.15) is 0 Å². The van der Waals surface area contributed by atoms with Gasteiger partial charge in [-0.25, -0.2) is 0 Å². The molecule has 16 heavy (non-hydrogen) atoms. The van der Waals surface area contributed by atoms with Crippen LogP contribution in [-0.2, 0) is 0 Å². The van der Waals surface area contributed by atoms with Gasteiger partial charge in [0.15, 0.2) is 0 Å². The number of hydrogen-bond donors (Lipinski definition) is 2. The molecule has 0 aromatic heterocycles. The topological polar surface area (TPSA) is 56.5 Å². The molecule has 4 nitrogen and oxygen atoms in total. The lowest BCUT2D eigenvalue weighted by Crippen LogP contribution is -2.29. The zero-order chi connectivity index (χ0) is 11.5. The Kier molecular flexibility index (Phi) is 3.31. The molecule has 1 aromatic carbocycles. The summed E-state index contributed by atoms with van der Waals surface area (Å²) < 4.78 is 10.5. The Morgan fingerprint density at radius 1 is 1.31 bits per heavy atom. The third kappa shape index (κ3) is 2.13. The molecule has 1 saturated carbocycles. The highest BCUT2D eigenvalue weighted by atomic mass is 16.5. The van der Waals surface area contributed by atoms with Crippen molar-refractivity contribution in [1.29, 1.82) is 0 Å². The molecule has 88 valence electrons. The van der Waals surface area contributed by atoms with Crippen molar-refractivity contribution in [3.8, 4) is 11.5 Å². The van der Waals surface area contributed by atoms with Gasteiger partial charge in [-0.15, -0.1) is 0 Å². The van der Waals surface area contributed by atoms with Gasteiger partial charge in [-0.3, -0.25) is 11.3 Å². The van der Waals surface area contributed by atoms with Crippen LogP contribution in [0.25, 0.3) is 0 Å². The first kappa shape index (κ1) is 11.2. The first-order valence-electron chi connectivity index (χ1n) is 5.48. The number of hydrogen-bond acceptors (Lipinski definition) is 4. The zero-order valence-electron chi connectivity index (χ0n) is 9.69. The van der Waals surface area contributed by atoms with Gasteiger partial charge < -0.3 is 9.47 Å². The first-order valence-corrected chi connectivity index (χ1v) is 5.48. The van der Waals surface area contributed by atoms with E-state index in [9.17, 15) is 0 Å². The highest BCUT2D eigenvalue weighted by Gasteiger charge is 2.33. The van der Waals surface area contributed by atoms with Gasteiger partial charge in [-0.05, 0) is 24.8 Å². The van der Waals surface area contributed by atoms with Crippen LogP contribution in [0.2, 0.25) is 0 Å². The number of rotatable bonds is 5. The average Bonchev–Trinajstić information content (AvgIpc) is 3.15. The van der Waals surface area contributed by atoms with Gasteiger partial charge >= 0.3 is 0 Å². The predicted octanol–water partition coefficient (Wildman–Crippen LogP) is 1.62. The molecular weight excluding hydrogens is 204 g/mol. The van der Waals surface area contributed by atoms with Crippen molar-refractivity contribution in [2.24, 2.45) is 11.8 Å². The van der Waals surface area contributed by atoms with Gasteiger partial charge in [-0.1, -0.05) is 6.07 Å². The Hall–Kier alpha value is -1.26. The van der Waals surface area contributed by atoms with Gasteiger partial charge in [0.2, 0.25) is 0 Å². The van der Waals surface area contributed by atoms with Crippen LogP contribution in [0, 0.1) is 5.92 Å². The maximum absolute atomic E-state index is 5.60. The molecule has 0 amide bonds. The molecule has 0 heterocycles. The van der Waals surface area contributed by atoms with Crippen LogP contribution in [0.1, 0.15) is 24.4 Å². The van der Waals surface area contributed by atoms with Crippen LogP contribution in [0.3, 0.4) is 0 Å². The zero-order valence-corrected chi connectivity index (χ0v) is 9.69. The molecule has 0 bridgehead atoms. The lowest BCUT2D eigenvalue weighted by molar-refractivity contribution is 0.380. The van der Waals surface area contributed by atoms with E-state index in [1.54, 1.807) is 14.2 Å². The van der Waals surface area contributed by atoms with Gasteiger partial charge in [0.05, 0.1) is 20.3 Å². The van der Waals surface area contributed by atoms with E-state index in [1.165, 1.54) is 12.8 Å². The summed E-state index contributed by atoms with van der Waals surface area (Å²) in [6.45, 7) is 0. The Morgan fingerprint density at radius 3 is 2.56 bits per heavy atom. The fraction of sp³-hybridized carbons (Fsp3) is 0.500. The Morgan fingerprint density at radius 2 is 2.06 bits per heavy atom. The average molecular weight is 222 g/mol. The van der Waals surface area contributed by atoms with Crippen molar-refractivity contribution >= 4 is 0 Å². The lowest BCUT2D eigenvalue weighted by Gasteiger charge is -2.19. The van der Waals surface area contributed by atoms with Crippen molar-refractivity contribution in [2.75, 3.05) is 14.2 Å². The number of benzene rings is 1. The molecule has 2 rings (SSSR count). The molecule has 1 unspecified atom stereocenters. The molecule has 0 saturated heterocycles. The number of nitrogens with two attached hydrogens (primary N) is 1. The molecule has 1 fully saturated rings. The van der Waals surface area contributed by atoms with Gasteiger partial charge in [0, 0.05) is 11.6 Å². The fourth-order valence-electron chi connectivity index (χ4n) is 1.98. The van der Waals surface area contributed by atoms with Crippen LogP contribution >= 0.6 is 0 Å². The lowest BCUT2D eigenvalue weighted by atomic mass is 10.0. The van der Waals surface area contributed by atoms with Crippen LogP contribution in [0.5, 0.6) is 11.5 Å². The van der Waals surface area contributed by atoms with Gasteiger partial charge in [0.25, 0.3) is 0 Å². The normalized spacial score (nSPS) is 16.9. The van der Waals surface area contributed by atoms with Crippen LogP contribution in [-0.4, -0.2) is 14.2 Å². The SMILES string of the molecule is COc1ccc(C(NN)C2CC2)c(OC)c1. The second-order valence-electron chi connectivity index (χ2n) is 4.09. The minimum absolute atomic E-state index is 0.181. The minimum Gasteiger partial charge on any atom is -0.497 e. The highest BCUT2D eigenvalue weighted by Crippen LogP contribution is 2.43. The molecule has 1 aliphatic carbocycles. The van der Waals surface area contributed by atoms with Crippen molar-refractivity contribution in [1.82, 2.24) is 5.43 Å². The summed E-state index contributed by atoms with van der Waals surface area (Å²) in [5, 5.41) is 0. The molecule has 0 spiro atoms. The maximum atomic E-state index is 5.60. The van der Waals surface area contributed by atoms with Crippen LogP contribution < -0.4 is 20.7 Å². The van der Waals surface area contributed by atoms with E-state index in [4.69, 9.17) is 15.3 Å². The van der Waals surface area contributed by atoms with Crippen LogP contribution in [0.15, 0.2) is 18.2 Å². The fourth-order valence-corrected chi connectivity index (χ4v) is 1.98. The summed E-state index contributed by atoms with van der Waals surface area (Å²) in [5.41, 5.74) is 3.98. The number of hydrazine groups is 1. The summed E-state index contributed by atoms with van der Waals surface area (Å²) >= 11 is 0. The van der Waals surface area contributed by atoms with Crippen molar-refractivity contribution in [2.45, 2.75) is 18.9 Å². The molecule has 0 aliphatic heterocycles. The standard InChI is InChI=1S/C12H18N2O2/c1-15-9-5-6-10(11(7-9)16-2)12(14-13)8-3-4-8/h5-8,12,14H,3-4,13H2,1-2H3. The van der Waals surface area contributed by atoms with E-state index in [2.05, 4.69) is 5.43 Å². The number of nitrogens with one attached hydrogen (secondary N) is 1. The Labute approximate surface area is 95.7 Å². The van der Waals surface area contributed by atoms with Crippen molar-refractivity contribution in [3.63, 3.8) is 0 Å². The summed E-state index contributed by atoms with van der Waals surface area (Å²) in [5.74, 6) is 7.86. The number of methoxy groups -OCH3 is 2. The summed E-state index contributed by atoms with van der Waals surface area (Å²) in [6.07, 6.45) is 2.45. The Bertz CT molecular complexity index is 364. The molecule has 0 radical (unpaired) electrons. The third-order valence-corrected chi connectivity index (χ3v) is 3.05. The van der Waals surface area contributed by atoms with E-state index in [0.29, 0.717) is 5.92 Å². The second-order valence-corrected chi connectivity index (χ2v) is 4.09. The largest absolute Gasteiger partial charge is 0.497 e. The van der Waals surface area contributed by atoms with Crippen molar-refractivity contribution in [3.05, 3.63) is 23.8 Å². The van der Waals surface area contributed by atoms with E-state index in [-0.39, 0.29) is 6.04 Å². The molecule has 4 heteroatoms. The first-order chi connectivity index (χ1) is 7.80. The van der Waals surface area contributed by atoms with Crippen molar-refractivity contribution < 1.29 is 9.47 Å². The minimum atomic E-state index is 0.181. The molecular formula is C12H18N2O2. The van der Waals surface area contributed by atoms with Gasteiger partial charge in [0.1, 0.15) is 11.5 Å². The molecule has 1 atom stereocenters. The molecule has 1 aromatic rings. The van der Waals surface area contributed by atoms with E-state index in [0.717, 1.165) is 17.1 Å². The van der Waals surface area contributed by atoms with E-state index in [1.807, 2.05) is 18.2 Å². The summed E-state index contributed by atoms with van der Waals surface area (Å²) in [6, 6.07) is 6.02. The number of ether oxygens (including phenoxy) is 2. The maximum Gasteiger partial charge on any atom is 0.127 e. The summed E-state index contributed by atoms with van der Waals surface area (Å²) in [7, 11) is 3.31. The van der Waals surface area contributed by atoms with Crippen LogP contribution in [0.4, 0.5) is 0 Å². The molecule has 1 aliphatic rings.